The Labute approximate surface area is 141 Å². The molecule has 3 heteroatoms. The number of likely N-dealkylation sites (N-methyl/N-ethyl adjacent to an activating group) is 1. The van der Waals surface area contributed by atoms with Crippen molar-refractivity contribution in [3.8, 4) is 0 Å². The van der Waals surface area contributed by atoms with E-state index in [0.717, 1.165) is 25.1 Å². The lowest BCUT2D eigenvalue weighted by molar-refractivity contribution is 0.312. The summed E-state index contributed by atoms with van der Waals surface area (Å²) in [7, 11) is 2.18. The van der Waals surface area contributed by atoms with E-state index in [1.807, 2.05) is 12.1 Å². The highest BCUT2D eigenvalue weighted by molar-refractivity contribution is 5.89. The van der Waals surface area contributed by atoms with Crippen molar-refractivity contribution in [2.75, 3.05) is 13.6 Å². The molecule has 2 nitrogen and oxygen atoms in total. The van der Waals surface area contributed by atoms with Crippen molar-refractivity contribution in [3.05, 3.63) is 70.7 Å². The number of fused-ring (bicyclic) bond motifs is 3. The van der Waals surface area contributed by atoms with Crippen LogP contribution < -0.4 is 0 Å². The van der Waals surface area contributed by atoms with E-state index in [9.17, 15) is 4.39 Å². The lowest BCUT2D eigenvalue weighted by Gasteiger charge is -2.23. The van der Waals surface area contributed by atoms with Crippen LogP contribution in [-0.2, 0) is 13.0 Å². The van der Waals surface area contributed by atoms with Crippen LogP contribution in [-0.4, -0.2) is 23.1 Å². The molecule has 1 aliphatic heterocycles. The quantitative estimate of drug-likeness (QED) is 0.664. The van der Waals surface area contributed by atoms with Crippen molar-refractivity contribution in [1.82, 2.24) is 9.47 Å². The Morgan fingerprint density at radius 3 is 2.67 bits per heavy atom. The standard InChI is InChI=1S/C21H21FN2/c1-15-3-8-20-18(13-15)19-14-23(2)11-10-21(19)24(20)12-9-16-4-6-17(22)7-5-16/h3-9,12-13H,10-11,14H2,1-2H3/b12-9-. The van der Waals surface area contributed by atoms with Gasteiger partial charge in [0.2, 0.25) is 0 Å². The van der Waals surface area contributed by atoms with Crippen molar-refractivity contribution < 1.29 is 4.39 Å². The Balaban J connectivity index is 1.84. The molecule has 0 saturated carbocycles. The summed E-state index contributed by atoms with van der Waals surface area (Å²) in [6.07, 6.45) is 5.22. The number of benzene rings is 2. The SMILES string of the molecule is Cc1ccc2c(c1)c1c(n2/C=C\c2ccc(F)cc2)CCN(C)C1. The van der Waals surface area contributed by atoms with Crippen molar-refractivity contribution in [2.24, 2.45) is 0 Å². The van der Waals surface area contributed by atoms with Crippen molar-refractivity contribution >= 4 is 23.2 Å². The van der Waals surface area contributed by atoms with Crippen LogP contribution in [0, 0.1) is 12.7 Å². The highest BCUT2D eigenvalue weighted by Crippen LogP contribution is 2.31. The molecule has 0 bridgehead atoms. The Morgan fingerprint density at radius 2 is 1.88 bits per heavy atom. The van der Waals surface area contributed by atoms with Crippen LogP contribution in [0.15, 0.2) is 42.5 Å². The van der Waals surface area contributed by atoms with Gasteiger partial charge in [0.1, 0.15) is 5.82 Å². The van der Waals surface area contributed by atoms with Gasteiger partial charge in [0.15, 0.2) is 0 Å². The van der Waals surface area contributed by atoms with Crippen molar-refractivity contribution in [2.45, 2.75) is 19.9 Å². The molecule has 0 fully saturated rings. The van der Waals surface area contributed by atoms with Gasteiger partial charge < -0.3 is 9.47 Å². The topological polar surface area (TPSA) is 8.17 Å². The Hall–Kier alpha value is -2.39. The maximum Gasteiger partial charge on any atom is 0.123 e. The highest BCUT2D eigenvalue weighted by Gasteiger charge is 2.21. The largest absolute Gasteiger partial charge is 0.320 e. The van der Waals surface area contributed by atoms with Gasteiger partial charge in [-0.15, -0.1) is 0 Å². The van der Waals surface area contributed by atoms with E-state index in [0.29, 0.717) is 0 Å². The second-order valence-electron chi connectivity index (χ2n) is 6.67. The Morgan fingerprint density at radius 1 is 1.08 bits per heavy atom. The third kappa shape index (κ3) is 2.65. The van der Waals surface area contributed by atoms with Gasteiger partial charge in [-0.3, -0.25) is 0 Å². The molecule has 1 aromatic heterocycles. The second-order valence-corrected chi connectivity index (χ2v) is 6.67. The first-order valence-electron chi connectivity index (χ1n) is 8.36. The Bertz CT molecular complexity index is 919. The highest BCUT2D eigenvalue weighted by atomic mass is 19.1. The van der Waals surface area contributed by atoms with Gasteiger partial charge >= 0.3 is 0 Å². The van der Waals surface area contributed by atoms with Gasteiger partial charge in [-0.2, -0.15) is 0 Å². The lowest BCUT2D eigenvalue weighted by Crippen LogP contribution is -2.26. The summed E-state index contributed by atoms with van der Waals surface area (Å²) in [6, 6.07) is 13.3. The fourth-order valence-corrected chi connectivity index (χ4v) is 3.55. The molecule has 0 radical (unpaired) electrons. The van der Waals surface area contributed by atoms with Crippen LogP contribution in [0.1, 0.15) is 22.4 Å². The van der Waals surface area contributed by atoms with E-state index in [2.05, 4.69) is 53.9 Å². The molecule has 4 rings (SSSR count). The summed E-state index contributed by atoms with van der Waals surface area (Å²) in [5.74, 6) is -0.200. The normalized spacial score (nSPS) is 15.3. The summed E-state index contributed by atoms with van der Waals surface area (Å²) < 4.78 is 15.4. The zero-order chi connectivity index (χ0) is 16.7. The minimum Gasteiger partial charge on any atom is -0.320 e. The average molecular weight is 320 g/mol. The summed E-state index contributed by atoms with van der Waals surface area (Å²) in [4.78, 5) is 2.37. The Kier molecular flexibility index (Phi) is 3.73. The predicted octanol–water partition coefficient (Wildman–Crippen LogP) is 4.70. The van der Waals surface area contributed by atoms with Crippen molar-refractivity contribution in [1.29, 1.82) is 0 Å². The number of aromatic nitrogens is 1. The molecule has 24 heavy (non-hydrogen) atoms. The van der Waals surface area contributed by atoms with E-state index in [4.69, 9.17) is 0 Å². The molecule has 122 valence electrons. The van der Waals surface area contributed by atoms with Gasteiger partial charge in [0.05, 0.1) is 5.52 Å². The van der Waals surface area contributed by atoms with E-state index >= 15 is 0 Å². The molecule has 0 atom stereocenters. The minimum absolute atomic E-state index is 0.200. The smallest absolute Gasteiger partial charge is 0.123 e. The molecule has 0 N–H and O–H groups in total. The summed E-state index contributed by atoms with van der Waals surface area (Å²) >= 11 is 0. The molecule has 0 saturated heterocycles. The molecule has 2 heterocycles. The molecular formula is C21H21FN2. The maximum atomic E-state index is 13.1. The first kappa shape index (κ1) is 15.2. The number of halogens is 1. The van der Waals surface area contributed by atoms with Crippen LogP contribution in [0.5, 0.6) is 0 Å². The van der Waals surface area contributed by atoms with E-state index in [-0.39, 0.29) is 5.82 Å². The van der Waals surface area contributed by atoms with Gasteiger partial charge in [0, 0.05) is 36.8 Å². The number of aryl methyl sites for hydroxylation is 1. The number of hydrogen-bond acceptors (Lipinski definition) is 1. The van der Waals surface area contributed by atoms with Crippen LogP contribution in [0.4, 0.5) is 4.39 Å². The van der Waals surface area contributed by atoms with E-state index in [1.165, 1.54) is 39.9 Å². The van der Waals surface area contributed by atoms with Crippen molar-refractivity contribution in [3.63, 3.8) is 0 Å². The number of rotatable bonds is 2. The first-order chi connectivity index (χ1) is 11.6. The van der Waals surface area contributed by atoms with E-state index < -0.39 is 0 Å². The zero-order valence-corrected chi connectivity index (χ0v) is 14.1. The number of nitrogens with zero attached hydrogens (tertiary/aromatic N) is 2. The van der Waals surface area contributed by atoms with Gasteiger partial charge in [-0.05, 0) is 55.4 Å². The molecule has 2 aromatic carbocycles. The zero-order valence-electron chi connectivity index (χ0n) is 14.1. The maximum absolute atomic E-state index is 13.1. The third-order valence-electron chi connectivity index (χ3n) is 4.82. The van der Waals surface area contributed by atoms with Crippen LogP contribution in [0.3, 0.4) is 0 Å². The molecule has 3 aromatic rings. The first-order valence-corrected chi connectivity index (χ1v) is 8.36. The molecule has 0 unspecified atom stereocenters. The number of hydrogen-bond donors (Lipinski definition) is 0. The van der Waals surface area contributed by atoms with Crippen LogP contribution >= 0.6 is 0 Å². The molecule has 0 aliphatic carbocycles. The molecule has 0 spiro atoms. The molecule has 0 amide bonds. The monoisotopic (exact) mass is 320 g/mol. The fourth-order valence-electron chi connectivity index (χ4n) is 3.55. The van der Waals surface area contributed by atoms with Gasteiger partial charge in [-0.1, -0.05) is 23.8 Å². The van der Waals surface area contributed by atoms with Gasteiger partial charge in [-0.25, -0.2) is 4.39 Å². The second kappa shape index (κ2) is 5.91. The lowest BCUT2D eigenvalue weighted by atomic mass is 10.0. The summed E-state index contributed by atoms with van der Waals surface area (Å²) in [5.41, 5.74) is 6.38. The van der Waals surface area contributed by atoms with Crippen LogP contribution in [0.25, 0.3) is 23.2 Å². The summed E-state index contributed by atoms with van der Waals surface area (Å²) in [6.45, 7) is 4.21. The third-order valence-corrected chi connectivity index (χ3v) is 4.82. The van der Waals surface area contributed by atoms with Gasteiger partial charge in [0.25, 0.3) is 0 Å². The average Bonchev–Trinajstić information content (AvgIpc) is 2.87. The summed E-state index contributed by atoms with van der Waals surface area (Å²) in [5, 5.41) is 1.35. The molecular weight excluding hydrogens is 299 g/mol. The van der Waals surface area contributed by atoms with E-state index in [1.54, 1.807) is 0 Å². The predicted molar refractivity (Wildman–Crippen MR) is 98.3 cm³/mol. The fraction of sp³-hybridized carbons (Fsp3) is 0.238. The minimum atomic E-state index is -0.200. The molecule has 1 aliphatic rings. The van der Waals surface area contributed by atoms with Crippen LogP contribution in [0.2, 0.25) is 0 Å².